The van der Waals surface area contributed by atoms with Crippen molar-refractivity contribution in [2.75, 3.05) is 26.2 Å². The van der Waals surface area contributed by atoms with Crippen LogP contribution in [-0.2, 0) is 9.59 Å². The lowest BCUT2D eigenvalue weighted by Crippen LogP contribution is -2.36. The zero-order chi connectivity index (χ0) is 21.0. The highest BCUT2D eigenvalue weighted by Crippen LogP contribution is 2.39. The van der Waals surface area contributed by atoms with Crippen LogP contribution in [0, 0.1) is 0 Å². The molecular formula is C21H21ClN2O5. The Morgan fingerprint density at radius 2 is 1.69 bits per heavy atom. The smallest absolute Gasteiger partial charge is 0.295 e. The Morgan fingerprint density at radius 3 is 2.31 bits per heavy atom. The summed E-state index contributed by atoms with van der Waals surface area (Å²) in [5, 5.41) is 32.8. The molecule has 0 aliphatic carbocycles. The molecule has 2 aromatic carbocycles. The second-order valence-electron chi connectivity index (χ2n) is 6.56. The minimum Gasteiger partial charge on any atom is -0.508 e. The first kappa shape index (κ1) is 20.9. The molecule has 1 atom stereocenters. The third kappa shape index (κ3) is 4.42. The molecule has 2 aromatic rings. The number of carbonyl (C=O) groups is 2. The number of phenolic OH excluding ortho intramolecular Hbond substituents is 1. The summed E-state index contributed by atoms with van der Waals surface area (Å²) in [7, 11) is 0. The Bertz CT molecular complexity index is 925. The van der Waals surface area contributed by atoms with Crippen molar-refractivity contribution in [2.24, 2.45) is 0 Å². The van der Waals surface area contributed by atoms with Crippen LogP contribution in [0.1, 0.15) is 17.2 Å². The molecular weight excluding hydrogens is 396 g/mol. The van der Waals surface area contributed by atoms with Gasteiger partial charge < -0.3 is 25.5 Å². The molecule has 0 radical (unpaired) electrons. The number of phenols is 1. The van der Waals surface area contributed by atoms with E-state index in [9.17, 15) is 19.8 Å². The fourth-order valence-electron chi connectivity index (χ4n) is 3.28. The van der Waals surface area contributed by atoms with Crippen molar-refractivity contribution in [2.45, 2.75) is 6.04 Å². The second-order valence-corrected chi connectivity index (χ2v) is 7.00. The molecule has 8 heteroatoms. The van der Waals surface area contributed by atoms with Gasteiger partial charge in [-0.25, -0.2) is 0 Å². The number of aliphatic hydroxyl groups is 2. The van der Waals surface area contributed by atoms with Gasteiger partial charge in [-0.05, 0) is 42.0 Å². The van der Waals surface area contributed by atoms with Gasteiger partial charge >= 0.3 is 0 Å². The maximum Gasteiger partial charge on any atom is 0.295 e. The van der Waals surface area contributed by atoms with Gasteiger partial charge in [0.15, 0.2) is 0 Å². The molecule has 1 aliphatic heterocycles. The molecule has 0 spiro atoms. The molecule has 0 aromatic heterocycles. The lowest BCUT2D eigenvalue weighted by molar-refractivity contribution is -0.139. The van der Waals surface area contributed by atoms with Crippen molar-refractivity contribution in [1.82, 2.24) is 10.2 Å². The molecule has 3 rings (SSSR count). The van der Waals surface area contributed by atoms with E-state index < -0.39 is 17.7 Å². The van der Waals surface area contributed by atoms with E-state index in [1.807, 2.05) is 0 Å². The van der Waals surface area contributed by atoms with E-state index >= 15 is 0 Å². The number of aromatic hydroxyl groups is 1. The fourth-order valence-corrected chi connectivity index (χ4v) is 3.41. The van der Waals surface area contributed by atoms with Crippen molar-refractivity contribution >= 4 is 29.1 Å². The van der Waals surface area contributed by atoms with Crippen LogP contribution >= 0.6 is 11.6 Å². The number of ketones is 1. The van der Waals surface area contributed by atoms with Crippen LogP contribution in [-0.4, -0.2) is 58.2 Å². The average Bonchev–Trinajstić information content (AvgIpc) is 2.96. The van der Waals surface area contributed by atoms with Gasteiger partial charge in [0.25, 0.3) is 11.7 Å². The molecule has 152 valence electrons. The minimum absolute atomic E-state index is 0.0230. The van der Waals surface area contributed by atoms with Gasteiger partial charge in [-0.1, -0.05) is 23.7 Å². The summed E-state index contributed by atoms with van der Waals surface area (Å²) in [6, 6.07) is 11.6. The maximum atomic E-state index is 12.8. The summed E-state index contributed by atoms with van der Waals surface area (Å²) in [6.07, 6.45) is 0. The van der Waals surface area contributed by atoms with E-state index in [1.54, 1.807) is 36.4 Å². The monoisotopic (exact) mass is 416 g/mol. The van der Waals surface area contributed by atoms with Crippen molar-refractivity contribution in [3.63, 3.8) is 0 Å². The fraction of sp³-hybridized carbons (Fsp3) is 0.238. The number of benzene rings is 2. The van der Waals surface area contributed by atoms with Crippen LogP contribution in [0.3, 0.4) is 0 Å². The molecule has 1 heterocycles. The van der Waals surface area contributed by atoms with Crippen molar-refractivity contribution in [3.05, 3.63) is 70.3 Å². The number of nitrogens with one attached hydrogen (secondary N) is 1. The molecule has 4 N–H and O–H groups in total. The quantitative estimate of drug-likeness (QED) is 0.238. The molecule has 7 nitrogen and oxygen atoms in total. The van der Waals surface area contributed by atoms with Crippen LogP contribution in [0.25, 0.3) is 5.76 Å². The number of hydrogen-bond acceptors (Lipinski definition) is 6. The maximum absolute atomic E-state index is 12.8. The molecule has 1 unspecified atom stereocenters. The Balaban J connectivity index is 2.05. The number of halogens is 1. The molecule has 1 aliphatic rings. The van der Waals surface area contributed by atoms with E-state index in [0.29, 0.717) is 29.2 Å². The van der Waals surface area contributed by atoms with Gasteiger partial charge in [0.2, 0.25) is 0 Å². The van der Waals surface area contributed by atoms with Gasteiger partial charge in [-0.2, -0.15) is 0 Å². The zero-order valence-electron chi connectivity index (χ0n) is 15.5. The van der Waals surface area contributed by atoms with Gasteiger partial charge in [0.05, 0.1) is 18.2 Å². The summed E-state index contributed by atoms with van der Waals surface area (Å²) >= 11 is 5.90. The largest absolute Gasteiger partial charge is 0.508 e. The summed E-state index contributed by atoms with van der Waals surface area (Å²) in [5.74, 6) is -1.74. The molecule has 29 heavy (non-hydrogen) atoms. The third-order valence-corrected chi connectivity index (χ3v) is 4.94. The molecule has 1 saturated heterocycles. The zero-order valence-corrected chi connectivity index (χ0v) is 16.3. The van der Waals surface area contributed by atoms with E-state index in [1.165, 1.54) is 17.0 Å². The Labute approximate surface area is 172 Å². The topological polar surface area (TPSA) is 110 Å². The Morgan fingerprint density at radius 1 is 1.03 bits per heavy atom. The van der Waals surface area contributed by atoms with Crippen molar-refractivity contribution in [3.8, 4) is 5.75 Å². The number of Topliss-reactive ketones (excluding diaryl/α,β-unsaturated/α-hetero) is 1. The highest BCUT2D eigenvalue weighted by Gasteiger charge is 2.45. The predicted octanol–water partition coefficient (Wildman–Crippen LogP) is 2.05. The number of aliphatic hydroxyl groups excluding tert-OH is 2. The lowest BCUT2D eigenvalue weighted by Gasteiger charge is -2.25. The normalized spacial score (nSPS) is 18.4. The van der Waals surface area contributed by atoms with E-state index in [0.717, 1.165) is 0 Å². The van der Waals surface area contributed by atoms with Crippen LogP contribution in [0.5, 0.6) is 5.75 Å². The Hall–Kier alpha value is -2.87. The number of hydrogen-bond donors (Lipinski definition) is 4. The molecule has 1 amide bonds. The van der Waals surface area contributed by atoms with Gasteiger partial charge in [-0.3, -0.25) is 9.59 Å². The number of carbonyl (C=O) groups excluding carboxylic acids is 2. The Kier molecular flexibility index (Phi) is 6.53. The third-order valence-electron chi connectivity index (χ3n) is 4.68. The first-order chi connectivity index (χ1) is 13.9. The van der Waals surface area contributed by atoms with Crippen molar-refractivity contribution in [1.29, 1.82) is 0 Å². The summed E-state index contributed by atoms with van der Waals surface area (Å²) in [5.41, 5.74) is 0.930. The first-order valence-electron chi connectivity index (χ1n) is 9.09. The standard InChI is InChI=1S/C21H21ClN2O5/c22-15-5-1-14(2-6-15)19(27)17-18(13-3-7-16(26)8-4-13)24(21(29)20(17)28)11-9-23-10-12-25/h1-8,18,23,25-27H,9-12H2. The SMILES string of the molecule is O=C1C(=O)N(CCNCCO)C(c2ccc(O)cc2)C1=C(O)c1ccc(Cl)cc1. The molecule has 0 saturated carbocycles. The number of amides is 1. The van der Waals surface area contributed by atoms with Crippen LogP contribution in [0.15, 0.2) is 54.1 Å². The summed E-state index contributed by atoms with van der Waals surface area (Å²) in [6.45, 7) is 0.881. The second kappa shape index (κ2) is 9.09. The molecule has 1 fully saturated rings. The van der Waals surface area contributed by atoms with Gasteiger partial charge in [0, 0.05) is 30.2 Å². The van der Waals surface area contributed by atoms with Crippen LogP contribution in [0.2, 0.25) is 5.02 Å². The average molecular weight is 417 g/mol. The minimum atomic E-state index is -0.804. The van der Waals surface area contributed by atoms with Crippen LogP contribution < -0.4 is 5.32 Å². The van der Waals surface area contributed by atoms with Gasteiger partial charge in [0.1, 0.15) is 11.5 Å². The van der Waals surface area contributed by atoms with E-state index in [2.05, 4.69) is 5.32 Å². The van der Waals surface area contributed by atoms with E-state index in [4.69, 9.17) is 16.7 Å². The lowest BCUT2D eigenvalue weighted by atomic mass is 9.95. The number of nitrogens with zero attached hydrogens (tertiary/aromatic N) is 1. The predicted molar refractivity (Wildman–Crippen MR) is 109 cm³/mol. The highest BCUT2D eigenvalue weighted by molar-refractivity contribution is 6.46. The van der Waals surface area contributed by atoms with Crippen LogP contribution in [0.4, 0.5) is 0 Å². The summed E-state index contributed by atoms with van der Waals surface area (Å²) < 4.78 is 0. The number of likely N-dealkylation sites (tertiary alicyclic amines) is 1. The summed E-state index contributed by atoms with van der Waals surface area (Å²) in [4.78, 5) is 26.9. The van der Waals surface area contributed by atoms with Gasteiger partial charge in [-0.15, -0.1) is 0 Å². The highest BCUT2D eigenvalue weighted by atomic mass is 35.5. The number of rotatable bonds is 7. The molecule has 0 bridgehead atoms. The van der Waals surface area contributed by atoms with Crippen molar-refractivity contribution < 1.29 is 24.9 Å². The first-order valence-corrected chi connectivity index (χ1v) is 9.46. The van der Waals surface area contributed by atoms with E-state index in [-0.39, 0.29) is 30.2 Å².